The van der Waals surface area contributed by atoms with Crippen LogP contribution in [0.15, 0.2) is 77.5 Å². The van der Waals surface area contributed by atoms with Crippen LogP contribution in [0.5, 0.6) is 5.75 Å². The molecule has 0 bridgehead atoms. The molecule has 0 radical (unpaired) electrons. The van der Waals surface area contributed by atoms with Gasteiger partial charge in [-0.1, -0.05) is 42.5 Å². The summed E-state index contributed by atoms with van der Waals surface area (Å²) in [4.78, 5) is 15.9. The summed E-state index contributed by atoms with van der Waals surface area (Å²) in [5.41, 5.74) is 2.88. The van der Waals surface area contributed by atoms with Crippen LogP contribution in [0.1, 0.15) is 0 Å². The Morgan fingerprint density at radius 1 is 0.958 bits per heavy atom. The molecule has 0 spiro atoms. The average molecular weight is 383 g/mol. The number of pyridine rings is 1. The van der Waals surface area contributed by atoms with Gasteiger partial charge in [0.1, 0.15) is 10.4 Å². The molecule has 0 atom stereocenters. The zero-order valence-corrected chi connectivity index (χ0v) is 14.4. The van der Waals surface area contributed by atoms with E-state index >= 15 is 0 Å². The quantitative estimate of drug-likeness (QED) is 0.659. The normalized spacial score (nSPS) is 10.2. The monoisotopic (exact) mass is 382 g/mol. The average Bonchev–Trinajstić information content (AvgIpc) is 2.63. The highest BCUT2D eigenvalue weighted by atomic mass is 79.9. The van der Waals surface area contributed by atoms with Crippen molar-refractivity contribution in [1.82, 2.24) is 4.98 Å². The molecule has 1 heterocycles. The highest BCUT2D eigenvalue weighted by Gasteiger charge is 2.05. The van der Waals surface area contributed by atoms with Gasteiger partial charge in [0.05, 0.1) is 11.9 Å². The Balaban J connectivity index is 1.54. The van der Waals surface area contributed by atoms with Crippen LogP contribution in [0, 0.1) is 0 Å². The van der Waals surface area contributed by atoms with Crippen LogP contribution >= 0.6 is 15.9 Å². The van der Waals surface area contributed by atoms with Crippen molar-refractivity contribution in [1.29, 1.82) is 0 Å². The Morgan fingerprint density at radius 3 is 2.33 bits per heavy atom. The SMILES string of the molecule is O=C(COc1ccc(-c2ccccc2)cc1)Nc1ccc(Br)nc1. The smallest absolute Gasteiger partial charge is 0.262 e. The summed E-state index contributed by atoms with van der Waals surface area (Å²) in [6.45, 7) is -0.0548. The summed E-state index contributed by atoms with van der Waals surface area (Å²) >= 11 is 3.25. The molecule has 0 aliphatic carbocycles. The van der Waals surface area contributed by atoms with Crippen molar-refractivity contribution in [3.05, 3.63) is 77.5 Å². The highest BCUT2D eigenvalue weighted by Crippen LogP contribution is 2.22. The third-order valence-electron chi connectivity index (χ3n) is 3.34. The molecule has 0 aliphatic heterocycles. The van der Waals surface area contributed by atoms with Gasteiger partial charge in [-0.25, -0.2) is 4.98 Å². The maximum Gasteiger partial charge on any atom is 0.262 e. The largest absolute Gasteiger partial charge is 0.484 e. The van der Waals surface area contributed by atoms with Gasteiger partial charge >= 0.3 is 0 Å². The van der Waals surface area contributed by atoms with E-state index in [1.807, 2.05) is 42.5 Å². The minimum absolute atomic E-state index is 0.0548. The molecule has 0 saturated carbocycles. The minimum atomic E-state index is -0.230. The lowest BCUT2D eigenvalue weighted by Gasteiger charge is -2.08. The van der Waals surface area contributed by atoms with Gasteiger partial charge in [-0.15, -0.1) is 0 Å². The fourth-order valence-corrected chi connectivity index (χ4v) is 2.40. The number of halogens is 1. The number of carbonyl (C=O) groups is 1. The number of aromatic nitrogens is 1. The molecule has 1 aromatic heterocycles. The second-order valence-corrected chi connectivity index (χ2v) is 5.91. The Labute approximate surface area is 148 Å². The van der Waals surface area contributed by atoms with E-state index in [1.54, 1.807) is 18.3 Å². The molecule has 4 nitrogen and oxygen atoms in total. The Morgan fingerprint density at radius 2 is 1.67 bits per heavy atom. The van der Waals surface area contributed by atoms with E-state index in [-0.39, 0.29) is 12.5 Å². The number of ether oxygens (including phenoxy) is 1. The number of nitrogens with one attached hydrogen (secondary N) is 1. The number of carbonyl (C=O) groups excluding carboxylic acids is 1. The van der Waals surface area contributed by atoms with E-state index in [1.165, 1.54) is 0 Å². The molecule has 5 heteroatoms. The zero-order chi connectivity index (χ0) is 16.8. The number of anilines is 1. The van der Waals surface area contributed by atoms with Gasteiger partial charge in [0.25, 0.3) is 5.91 Å². The first-order valence-corrected chi connectivity index (χ1v) is 8.20. The fraction of sp³-hybridized carbons (Fsp3) is 0.0526. The first kappa shape index (κ1) is 16.2. The van der Waals surface area contributed by atoms with E-state index in [2.05, 4.69) is 38.4 Å². The Bertz CT molecular complexity index is 803. The van der Waals surface area contributed by atoms with E-state index in [0.717, 1.165) is 15.7 Å². The van der Waals surface area contributed by atoms with Gasteiger partial charge in [0, 0.05) is 0 Å². The van der Waals surface area contributed by atoms with Crippen molar-refractivity contribution in [2.45, 2.75) is 0 Å². The summed E-state index contributed by atoms with van der Waals surface area (Å²) < 4.78 is 6.23. The molecule has 120 valence electrons. The lowest BCUT2D eigenvalue weighted by molar-refractivity contribution is -0.118. The molecule has 0 saturated heterocycles. The van der Waals surface area contributed by atoms with Crippen molar-refractivity contribution >= 4 is 27.5 Å². The lowest BCUT2D eigenvalue weighted by Crippen LogP contribution is -2.20. The second kappa shape index (κ2) is 7.75. The van der Waals surface area contributed by atoms with Gasteiger partial charge in [-0.2, -0.15) is 0 Å². The zero-order valence-electron chi connectivity index (χ0n) is 12.8. The van der Waals surface area contributed by atoms with Crippen LogP contribution in [0.25, 0.3) is 11.1 Å². The molecule has 3 rings (SSSR count). The number of nitrogens with zero attached hydrogens (tertiary/aromatic N) is 1. The predicted octanol–water partition coefficient (Wildman–Crippen LogP) is 4.53. The molecular formula is C19H15BrN2O2. The standard InChI is InChI=1S/C19H15BrN2O2/c20-18-11-8-16(12-21-18)22-19(23)13-24-17-9-6-15(7-10-17)14-4-2-1-3-5-14/h1-12H,13H2,(H,22,23). The van der Waals surface area contributed by atoms with Crippen LogP contribution in [-0.4, -0.2) is 17.5 Å². The Hall–Kier alpha value is -2.66. The maximum absolute atomic E-state index is 11.9. The fourth-order valence-electron chi connectivity index (χ4n) is 2.17. The number of rotatable bonds is 5. The molecule has 0 unspecified atom stereocenters. The number of hydrogen-bond donors (Lipinski definition) is 1. The third kappa shape index (κ3) is 4.43. The van der Waals surface area contributed by atoms with Gasteiger partial charge in [0.15, 0.2) is 6.61 Å². The van der Waals surface area contributed by atoms with Crippen LogP contribution in [0.4, 0.5) is 5.69 Å². The summed E-state index contributed by atoms with van der Waals surface area (Å²) in [6, 6.07) is 21.3. The first-order valence-electron chi connectivity index (χ1n) is 7.40. The van der Waals surface area contributed by atoms with Crippen LogP contribution in [-0.2, 0) is 4.79 Å². The number of hydrogen-bond acceptors (Lipinski definition) is 3. The van der Waals surface area contributed by atoms with Crippen LogP contribution in [0.3, 0.4) is 0 Å². The summed E-state index contributed by atoms with van der Waals surface area (Å²) in [5.74, 6) is 0.421. The Kier molecular flexibility index (Phi) is 5.23. The molecule has 3 aromatic rings. The molecule has 2 aromatic carbocycles. The van der Waals surface area contributed by atoms with Crippen molar-refractivity contribution in [2.75, 3.05) is 11.9 Å². The molecule has 1 amide bonds. The van der Waals surface area contributed by atoms with E-state index in [9.17, 15) is 4.79 Å². The number of benzene rings is 2. The van der Waals surface area contributed by atoms with Crippen molar-refractivity contribution < 1.29 is 9.53 Å². The van der Waals surface area contributed by atoms with Crippen LogP contribution < -0.4 is 10.1 Å². The molecule has 24 heavy (non-hydrogen) atoms. The topological polar surface area (TPSA) is 51.2 Å². The maximum atomic E-state index is 11.9. The number of amides is 1. The summed E-state index contributed by atoms with van der Waals surface area (Å²) in [6.07, 6.45) is 1.58. The molecule has 0 fully saturated rings. The first-order chi connectivity index (χ1) is 11.7. The minimum Gasteiger partial charge on any atom is -0.484 e. The van der Waals surface area contributed by atoms with Gasteiger partial charge in [-0.05, 0) is 51.3 Å². The van der Waals surface area contributed by atoms with Crippen LogP contribution in [0.2, 0.25) is 0 Å². The van der Waals surface area contributed by atoms with E-state index < -0.39 is 0 Å². The summed E-state index contributed by atoms with van der Waals surface area (Å²) in [7, 11) is 0. The van der Waals surface area contributed by atoms with Gasteiger partial charge in [0.2, 0.25) is 0 Å². The highest BCUT2D eigenvalue weighted by molar-refractivity contribution is 9.10. The van der Waals surface area contributed by atoms with Crippen molar-refractivity contribution in [3.63, 3.8) is 0 Å². The predicted molar refractivity (Wildman–Crippen MR) is 97.9 cm³/mol. The van der Waals surface area contributed by atoms with E-state index in [4.69, 9.17) is 4.74 Å². The van der Waals surface area contributed by atoms with Crippen molar-refractivity contribution in [2.24, 2.45) is 0 Å². The molecule has 1 N–H and O–H groups in total. The van der Waals surface area contributed by atoms with E-state index in [0.29, 0.717) is 11.4 Å². The molecule has 0 aliphatic rings. The lowest BCUT2D eigenvalue weighted by atomic mass is 10.1. The summed E-state index contributed by atoms with van der Waals surface area (Å²) in [5, 5.41) is 2.73. The van der Waals surface area contributed by atoms with Gasteiger partial charge in [-0.3, -0.25) is 4.79 Å². The van der Waals surface area contributed by atoms with Crippen molar-refractivity contribution in [3.8, 4) is 16.9 Å². The third-order valence-corrected chi connectivity index (χ3v) is 3.81. The second-order valence-electron chi connectivity index (χ2n) is 5.10. The van der Waals surface area contributed by atoms with Gasteiger partial charge < -0.3 is 10.1 Å². The molecular weight excluding hydrogens is 368 g/mol.